The second-order valence-electron chi connectivity index (χ2n) is 6.27. The Labute approximate surface area is 127 Å². The van der Waals surface area contributed by atoms with Crippen molar-refractivity contribution in [2.45, 2.75) is 32.7 Å². The van der Waals surface area contributed by atoms with Crippen molar-refractivity contribution in [2.24, 2.45) is 5.92 Å². The molecular weight excluding hydrogens is 264 g/mol. The topological polar surface area (TPSA) is 33.7 Å². The van der Waals surface area contributed by atoms with Crippen LogP contribution < -0.4 is 14.8 Å². The Kier molecular flexibility index (Phi) is 4.66. The standard InChI is InChI=1S/C17H26N2O2/c1-3-7-18-15(11-19-8-6-13(2)10-19)14-4-5-16-17(9-14)21-12-20-16/h4-5,9,13,15,18H,3,6-8,10-12H2,1-2H3. The van der Waals surface area contributed by atoms with Gasteiger partial charge in [0.15, 0.2) is 11.5 Å². The molecule has 0 spiro atoms. The summed E-state index contributed by atoms with van der Waals surface area (Å²) in [4.78, 5) is 2.57. The minimum Gasteiger partial charge on any atom is -0.454 e. The molecule has 0 aliphatic carbocycles. The van der Waals surface area contributed by atoms with E-state index in [0.29, 0.717) is 12.8 Å². The van der Waals surface area contributed by atoms with Crippen LogP contribution in [0.1, 0.15) is 38.3 Å². The summed E-state index contributed by atoms with van der Waals surface area (Å²) in [5.41, 5.74) is 1.30. The van der Waals surface area contributed by atoms with E-state index < -0.39 is 0 Å². The van der Waals surface area contributed by atoms with Crippen LogP contribution in [-0.4, -0.2) is 37.9 Å². The van der Waals surface area contributed by atoms with Crippen LogP contribution in [0.4, 0.5) is 0 Å². The van der Waals surface area contributed by atoms with Crippen molar-refractivity contribution < 1.29 is 9.47 Å². The number of nitrogens with one attached hydrogen (secondary N) is 1. The molecule has 1 N–H and O–H groups in total. The zero-order chi connectivity index (χ0) is 14.7. The van der Waals surface area contributed by atoms with Gasteiger partial charge in [0.2, 0.25) is 6.79 Å². The largest absolute Gasteiger partial charge is 0.454 e. The molecule has 0 bridgehead atoms. The third kappa shape index (κ3) is 3.50. The van der Waals surface area contributed by atoms with Crippen LogP contribution in [0.5, 0.6) is 11.5 Å². The molecule has 2 heterocycles. The highest BCUT2D eigenvalue weighted by atomic mass is 16.7. The highest BCUT2D eigenvalue weighted by Gasteiger charge is 2.24. The van der Waals surface area contributed by atoms with Gasteiger partial charge in [0.1, 0.15) is 0 Å². The molecule has 1 aromatic rings. The molecule has 3 rings (SSSR count). The van der Waals surface area contributed by atoms with Crippen molar-refractivity contribution in [1.82, 2.24) is 10.2 Å². The highest BCUT2D eigenvalue weighted by Crippen LogP contribution is 2.34. The molecule has 116 valence electrons. The fraction of sp³-hybridized carbons (Fsp3) is 0.647. The van der Waals surface area contributed by atoms with E-state index in [1.54, 1.807) is 0 Å². The summed E-state index contributed by atoms with van der Waals surface area (Å²) < 4.78 is 10.9. The van der Waals surface area contributed by atoms with Gasteiger partial charge in [-0.3, -0.25) is 0 Å². The number of rotatable bonds is 6. The Morgan fingerprint density at radius 3 is 2.95 bits per heavy atom. The van der Waals surface area contributed by atoms with Gasteiger partial charge in [-0.1, -0.05) is 19.9 Å². The van der Waals surface area contributed by atoms with Crippen molar-refractivity contribution in [2.75, 3.05) is 33.0 Å². The zero-order valence-corrected chi connectivity index (χ0v) is 13.1. The monoisotopic (exact) mass is 290 g/mol. The summed E-state index contributed by atoms with van der Waals surface area (Å²) in [7, 11) is 0. The predicted octanol–water partition coefficient (Wildman–Crippen LogP) is 2.80. The van der Waals surface area contributed by atoms with E-state index in [4.69, 9.17) is 9.47 Å². The van der Waals surface area contributed by atoms with E-state index in [1.165, 1.54) is 25.1 Å². The second-order valence-corrected chi connectivity index (χ2v) is 6.27. The van der Waals surface area contributed by atoms with Crippen LogP contribution in [0.15, 0.2) is 18.2 Å². The molecule has 1 aromatic carbocycles. The van der Waals surface area contributed by atoms with Gasteiger partial charge in [0.05, 0.1) is 0 Å². The summed E-state index contributed by atoms with van der Waals surface area (Å²) in [5, 5.41) is 3.68. The Hall–Kier alpha value is -1.26. The number of fused-ring (bicyclic) bond motifs is 1. The van der Waals surface area contributed by atoms with Crippen LogP contribution in [0.3, 0.4) is 0 Å². The fourth-order valence-corrected chi connectivity index (χ4v) is 3.19. The first kappa shape index (κ1) is 14.7. The highest BCUT2D eigenvalue weighted by molar-refractivity contribution is 5.45. The molecule has 0 amide bonds. The Morgan fingerprint density at radius 2 is 2.19 bits per heavy atom. The molecule has 2 atom stereocenters. The van der Waals surface area contributed by atoms with Gasteiger partial charge >= 0.3 is 0 Å². The van der Waals surface area contributed by atoms with Gasteiger partial charge in [0.25, 0.3) is 0 Å². The Balaban J connectivity index is 1.71. The molecule has 2 unspecified atom stereocenters. The first-order valence-corrected chi connectivity index (χ1v) is 8.11. The van der Waals surface area contributed by atoms with E-state index in [1.807, 2.05) is 6.07 Å². The average Bonchev–Trinajstić information content (AvgIpc) is 3.11. The molecular formula is C17H26N2O2. The van der Waals surface area contributed by atoms with Crippen molar-refractivity contribution in [3.05, 3.63) is 23.8 Å². The first-order chi connectivity index (χ1) is 10.3. The van der Waals surface area contributed by atoms with Crippen LogP contribution in [0, 0.1) is 5.92 Å². The lowest BCUT2D eigenvalue weighted by Crippen LogP contribution is -2.34. The second kappa shape index (κ2) is 6.67. The Morgan fingerprint density at radius 1 is 1.33 bits per heavy atom. The number of hydrogen-bond donors (Lipinski definition) is 1. The summed E-state index contributed by atoms with van der Waals surface area (Å²) in [6.07, 6.45) is 2.47. The van der Waals surface area contributed by atoms with E-state index in [9.17, 15) is 0 Å². The quantitative estimate of drug-likeness (QED) is 0.873. The molecule has 21 heavy (non-hydrogen) atoms. The number of hydrogen-bond acceptors (Lipinski definition) is 4. The van der Waals surface area contributed by atoms with Crippen LogP contribution in [-0.2, 0) is 0 Å². The molecule has 2 aliphatic rings. The lowest BCUT2D eigenvalue weighted by atomic mass is 10.1. The third-order valence-electron chi connectivity index (χ3n) is 4.39. The van der Waals surface area contributed by atoms with Crippen molar-refractivity contribution in [3.8, 4) is 11.5 Å². The lowest BCUT2D eigenvalue weighted by Gasteiger charge is -2.25. The maximum Gasteiger partial charge on any atom is 0.231 e. The Bertz CT molecular complexity index is 478. The predicted molar refractivity (Wildman–Crippen MR) is 83.8 cm³/mol. The van der Waals surface area contributed by atoms with Gasteiger partial charge < -0.3 is 19.7 Å². The maximum absolute atomic E-state index is 5.52. The molecule has 2 aliphatic heterocycles. The maximum atomic E-state index is 5.52. The van der Waals surface area contributed by atoms with Crippen LogP contribution in [0.25, 0.3) is 0 Å². The number of likely N-dealkylation sites (tertiary alicyclic amines) is 1. The van der Waals surface area contributed by atoms with Crippen LogP contribution >= 0.6 is 0 Å². The normalized spacial score (nSPS) is 22.7. The number of benzene rings is 1. The van der Waals surface area contributed by atoms with Gasteiger partial charge in [-0.15, -0.1) is 0 Å². The van der Waals surface area contributed by atoms with Gasteiger partial charge in [-0.05, 0) is 49.5 Å². The first-order valence-electron chi connectivity index (χ1n) is 8.11. The van der Waals surface area contributed by atoms with E-state index in [0.717, 1.165) is 36.9 Å². The minimum absolute atomic E-state index is 0.343. The third-order valence-corrected chi connectivity index (χ3v) is 4.39. The molecule has 0 radical (unpaired) electrons. The average molecular weight is 290 g/mol. The number of ether oxygens (including phenoxy) is 2. The van der Waals surface area contributed by atoms with Crippen molar-refractivity contribution >= 4 is 0 Å². The SMILES string of the molecule is CCCNC(CN1CCC(C)C1)c1ccc2c(c1)OCO2. The van der Waals surface area contributed by atoms with Gasteiger partial charge in [-0.2, -0.15) is 0 Å². The van der Waals surface area contributed by atoms with E-state index in [-0.39, 0.29) is 0 Å². The van der Waals surface area contributed by atoms with Crippen molar-refractivity contribution in [1.29, 1.82) is 0 Å². The summed E-state index contributed by atoms with van der Waals surface area (Å²) >= 11 is 0. The van der Waals surface area contributed by atoms with Crippen molar-refractivity contribution in [3.63, 3.8) is 0 Å². The minimum atomic E-state index is 0.343. The molecule has 4 nitrogen and oxygen atoms in total. The molecule has 4 heteroatoms. The smallest absolute Gasteiger partial charge is 0.231 e. The summed E-state index contributed by atoms with van der Waals surface area (Å²) in [6, 6.07) is 6.70. The molecule has 1 saturated heterocycles. The fourth-order valence-electron chi connectivity index (χ4n) is 3.19. The molecule has 0 saturated carbocycles. The van der Waals surface area contributed by atoms with E-state index >= 15 is 0 Å². The van der Waals surface area contributed by atoms with Gasteiger partial charge in [0, 0.05) is 19.1 Å². The number of nitrogens with zero attached hydrogens (tertiary/aromatic N) is 1. The van der Waals surface area contributed by atoms with E-state index in [2.05, 4.69) is 36.2 Å². The molecule has 1 fully saturated rings. The summed E-state index contributed by atoms with van der Waals surface area (Å²) in [5.74, 6) is 2.57. The lowest BCUT2D eigenvalue weighted by molar-refractivity contribution is 0.174. The van der Waals surface area contributed by atoms with Gasteiger partial charge in [-0.25, -0.2) is 0 Å². The summed E-state index contributed by atoms with van der Waals surface area (Å²) in [6.45, 7) is 9.45. The molecule has 0 aromatic heterocycles. The zero-order valence-electron chi connectivity index (χ0n) is 13.1. The van der Waals surface area contributed by atoms with Crippen LogP contribution in [0.2, 0.25) is 0 Å².